The van der Waals surface area contributed by atoms with Crippen LogP contribution in [0.2, 0.25) is 5.02 Å². The van der Waals surface area contributed by atoms with Gasteiger partial charge in [-0.2, -0.15) is 0 Å². The van der Waals surface area contributed by atoms with Gasteiger partial charge in [-0.05, 0) is 25.1 Å². The molecule has 0 spiro atoms. The number of hydrogen-bond acceptors (Lipinski definition) is 5. The van der Waals surface area contributed by atoms with Crippen molar-refractivity contribution in [1.29, 1.82) is 0 Å². The zero-order chi connectivity index (χ0) is 13.5. The van der Waals surface area contributed by atoms with E-state index < -0.39 is 6.09 Å². The molecule has 0 fully saturated rings. The van der Waals surface area contributed by atoms with Crippen LogP contribution < -0.4 is 15.9 Å². The zero-order valence-electron chi connectivity index (χ0n) is 10.2. The van der Waals surface area contributed by atoms with Crippen molar-refractivity contribution in [3.8, 4) is 0 Å². The van der Waals surface area contributed by atoms with E-state index in [-0.39, 0.29) is 6.04 Å². The minimum absolute atomic E-state index is 0.249. The fourth-order valence-electron chi connectivity index (χ4n) is 1.33. The molecular formula is C11H16ClN3O3. The summed E-state index contributed by atoms with van der Waals surface area (Å²) in [5.41, 5.74) is 5.33. The SMILES string of the molecule is COC(=O)NN(CC(C)NO)c1cccc(Cl)c1. The molecule has 0 aromatic heterocycles. The molecule has 100 valence electrons. The Morgan fingerprint density at radius 3 is 2.89 bits per heavy atom. The average molecular weight is 274 g/mol. The molecule has 0 saturated carbocycles. The number of benzene rings is 1. The summed E-state index contributed by atoms with van der Waals surface area (Å²) in [5.74, 6) is 0. The Kier molecular flexibility index (Phi) is 5.70. The molecule has 0 aliphatic carbocycles. The first kappa shape index (κ1) is 14.6. The molecule has 1 rings (SSSR count). The first-order chi connectivity index (χ1) is 8.56. The first-order valence-corrected chi connectivity index (χ1v) is 5.72. The number of anilines is 1. The van der Waals surface area contributed by atoms with Gasteiger partial charge in [-0.25, -0.2) is 15.7 Å². The molecule has 1 amide bonds. The lowest BCUT2D eigenvalue weighted by atomic mass is 10.3. The second-order valence-corrected chi connectivity index (χ2v) is 4.16. The van der Waals surface area contributed by atoms with Crippen molar-refractivity contribution in [2.75, 3.05) is 18.7 Å². The van der Waals surface area contributed by atoms with Crippen molar-refractivity contribution in [1.82, 2.24) is 10.9 Å². The van der Waals surface area contributed by atoms with E-state index in [2.05, 4.69) is 15.6 Å². The lowest BCUT2D eigenvalue weighted by Crippen LogP contribution is -2.48. The Morgan fingerprint density at radius 1 is 1.61 bits per heavy atom. The Bertz CT molecular complexity index is 403. The number of carbonyl (C=O) groups is 1. The number of halogens is 1. The van der Waals surface area contributed by atoms with Crippen LogP contribution in [0.4, 0.5) is 10.5 Å². The van der Waals surface area contributed by atoms with Gasteiger partial charge in [0.05, 0.1) is 19.3 Å². The monoisotopic (exact) mass is 273 g/mol. The van der Waals surface area contributed by atoms with Crippen LogP contribution in [-0.4, -0.2) is 31.0 Å². The summed E-state index contributed by atoms with van der Waals surface area (Å²) in [6, 6.07) is 6.73. The summed E-state index contributed by atoms with van der Waals surface area (Å²) >= 11 is 5.89. The quantitative estimate of drug-likeness (QED) is 0.713. The molecule has 0 radical (unpaired) electrons. The maximum Gasteiger partial charge on any atom is 0.425 e. The van der Waals surface area contributed by atoms with Gasteiger partial charge in [0.2, 0.25) is 0 Å². The summed E-state index contributed by atoms with van der Waals surface area (Å²) in [7, 11) is 1.28. The fraction of sp³-hybridized carbons (Fsp3) is 0.364. The molecule has 0 heterocycles. The van der Waals surface area contributed by atoms with Gasteiger partial charge < -0.3 is 9.94 Å². The molecule has 1 aromatic rings. The third kappa shape index (κ3) is 4.40. The normalized spacial score (nSPS) is 11.8. The number of rotatable bonds is 5. The number of hydrogen-bond donors (Lipinski definition) is 3. The number of hydrazine groups is 1. The third-order valence-corrected chi connectivity index (χ3v) is 2.44. The van der Waals surface area contributed by atoms with Crippen LogP contribution in [0.25, 0.3) is 0 Å². The van der Waals surface area contributed by atoms with Crippen molar-refractivity contribution >= 4 is 23.4 Å². The van der Waals surface area contributed by atoms with Crippen LogP contribution in [0.1, 0.15) is 6.92 Å². The second kappa shape index (κ2) is 7.05. The third-order valence-electron chi connectivity index (χ3n) is 2.21. The standard InChI is InChI=1S/C11H16ClN3O3/c1-8(14-17)7-15(13-11(16)18-2)10-5-3-4-9(12)6-10/h3-6,8,14,17H,7H2,1-2H3,(H,13,16). The van der Waals surface area contributed by atoms with Crippen molar-refractivity contribution in [2.45, 2.75) is 13.0 Å². The van der Waals surface area contributed by atoms with Gasteiger partial charge in [0.15, 0.2) is 0 Å². The maximum absolute atomic E-state index is 11.3. The number of carbonyl (C=O) groups excluding carboxylic acids is 1. The molecule has 1 aromatic carbocycles. The van der Waals surface area contributed by atoms with E-state index >= 15 is 0 Å². The number of nitrogens with zero attached hydrogens (tertiary/aromatic N) is 1. The second-order valence-electron chi connectivity index (χ2n) is 3.72. The summed E-state index contributed by atoms with van der Waals surface area (Å²) < 4.78 is 4.54. The predicted octanol–water partition coefficient (Wildman–Crippen LogP) is 1.78. The molecule has 6 nitrogen and oxygen atoms in total. The van der Waals surface area contributed by atoms with Crippen LogP contribution in [-0.2, 0) is 4.74 Å². The van der Waals surface area contributed by atoms with Crippen LogP contribution >= 0.6 is 11.6 Å². The topological polar surface area (TPSA) is 73.8 Å². The lowest BCUT2D eigenvalue weighted by Gasteiger charge is -2.27. The van der Waals surface area contributed by atoms with Crippen molar-refractivity contribution in [2.24, 2.45) is 0 Å². The Morgan fingerprint density at radius 2 is 2.33 bits per heavy atom. The van der Waals surface area contributed by atoms with Crippen LogP contribution in [0.15, 0.2) is 24.3 Å². The number of methoxy groups -OCH3 is 1. The number of ether oxygens (including phenoxy) is 1. The molecule has 1 atom stereocenters. The van der Waals surface area contributed by atoms with Gasteiger partial charge in [0.1, 0.15) is 0 Å². The van der Waals surface area contributed by atoms with E-state index in [1.54, 1.807) is 31.2 Å². The van der Waals surface area contributed by atoms with Crippen LogP contribution in [0.3, 0.4) is 0 Å². The van der Waals surface area contributed by atoms with Gasteiger partial charge in [-0.1, -0.05) is 17.7 Å². The van der Waals surface area contributed by atoms with Gasteiger partial charge in [-0.3, -0.25) is 5.01 Å². The van der Waals surface area contributed by atoms with Crippen LogP contribution in [0, 0.1) is 0 Å². The van der Waals surface area contributed by atoms with Crippen molar-refractivity contribution < 1.29 is 14.7 Å². The van der Waals surface area contributed by atoms with Crippen molar-refractivity contribution in [3.05, 3.63) is 29.3 Å². The van der Waals surface area contributed by atoms with Gasteiger partial charge in [0.25, 0.3) is 0 Å². The number of amides is 1. The molecule has 0 saturated heterocycles. The Hall–Kier alpha value is -1.50. The smallest absolute Gasteiger partial charge is 0.425 e. The minimum atomic E-state index is -0.597. The molecule has 0 aliphatic rings. The van der Waals surface area contributed by atoms with Gasteiger partial charge in [-0.15, -0.1) is 0 Å². The zero-order valence-corrected chi connectivity index (χ0v) is 10.9. The summed E-state index contributed by atoms with van der Waals surface area (Å²) in [6.45, 7) is 2.10. The largest absolute Gasteiger partial charge is 0.452 e. The minimum Gasteiger partial charge on any atom is -0.452 e. The molecule has 0 bridgehead atoms. The van der Waals surface area contributed by atoms with E-state index in [1.807, 2.05) is 0 Å². The average Bonchev–Trinajstić information content (AvgIpc) is 2.37. The number of hydroxylamine groups is 1. The van der Waals surface area contributed by atoms with Gasteiger partial charge >= 0.3 is 6.09 Å². The maximum atomic E-state index is 11.3. The fourth-order valence-corrected chi connectivity index (χ4v) is 1.51. The van der Waals surface area contributed by atoms with Crippen molar-refractivity contribution in [3.63, 3.8) is 0 Å². The van der Waals surface area contributed by atoms with E-state index in [4.69, 9.17) is 16.8 Å². The van der Waals surface area contributed by atoms with E-state index in [0.717, 1.165) is 0 Å². The van der Waals surface area contributed by atoms with E-state index in [0.29, 0.717) is 17.3 Å². The Labute approximate surface area is 110 Å². The highest BCUT2D eigenvalue weighted by Gasteiger charge is 2.14. The molecular weight excluding hydrogens is 258 g/mol. The predicted molar refractivity (Wildman–Crippen MR) is 68.7 cm³/mol. The first-order valence-electron chi connectivity index (χ1n) is 5.34. The van der Waals surface area contributed by atoms with Crippen LogP contribution in [0.5, 0.6) is 0 Å². The molecule has 18 heavy (non-hydrogen) atoms. The highest BCUT2D eigenvalue weighted by molar-refractivity contribution is 6.30. The van der Waals surface area contributed by atoms with E-state index in [9.17, 15) is 4.79 Å². The summed E-state index contributed by atoms with van der Waals surface area (Å²) in [6.07, 6.45) is -0.597. The lowest BCUT2D eigenvalue weighted by molar-refractivity contribution is 0.132. The summed E-state index contributed by atoms with van der Waals surface area (Å²) in [4.78, 5) is 11.3. The highest BCUT2D eigenvalue weighted by atomic mass is 35.5. The highest BCUT2D eigenvalue weighted by Crippen LogP contribution is 2.18. The molecule has 1 unspecified atom stereocenters. The van der Waals surface area contributed by atoms with E-state index in [1.165, 1.54) is 12.1 Å². The van der Waals surface area contributed by atoms with Gasteiger partial charge in [0, 0.05) is 11.1 Å². The molecule has 7 heteroatoms. The molecule has 3 N–H and O–H groups in total. The molecule has 0 aliphatic heterocycles. The summed E-state index contributed by atoms with van der Waals surface area (Å²) in [5, 5.41) is 10.9. The Balaban J connectivity index is 2.85. The number of nitrogens with one attached hydrogen (secondary N) is 2.